The topological polar surface area (TPSA) is 3.24 Å². The highest BCUT2D eigenvalue weighted by Gasteiger charge is 2.47. The van der Waals surface area contributed by atoms with Gasteiger partial charge in [0.25, 0.3) is 0 Å². The van der Waals surface area contributed by atoms with Gasteiger partial charge >= 0.3 is 0 Å². The lowest BCUT2D eigenvalue weighted by Gasteiger charge is -2.33. The predicted octanol–water partition coefficient (Wildman–Crippen LogP) is 4.59. The molecule has 0 spiro atoms. The summed E-state index contributed by atoms with van der Waals surface area (Å²) in [6.07, 6.45) is 4.41. The number of thiophene rings is 1. The maximum atomic E-state index is 2.47. The van der Waals surface area contributed by atoms with E-state index in [4.69, 9.17) is 0 Å². The Morgan fingerprint density at radius 1 is 1.15 bits per heavy atom. The smallest absolute Gasteiger partial charge is 0.0342 e. The SMILES string of the molecule is CN(C)C[C@H]1[C@H]2CC[C@H](C2)[C@@H]1c1ccc2sccc2c1. The minimum atomic E-state index is 0.806. The maximum absolute atomic E-state index is 2.47. The summed E-state index contributed by atoms with van der Waals surface area (Å²) in [5.74, 6) is 3.60. The van der Waals surface area contributed by atoms with Crippen LogP contribution in [0.25, 0.3) is 10.1 Å². The summed E-state index contributed by atoms with van der Waals surface area (Å²) in [5.41, 5.74) is 1.61. The Balaban J connectivity index is 1.70. The second kappa shape index (κ2) is 4.85. The predicted molar refractivity (Wildman–Crippen MR) is 87.4 cm³/mol. The van der Waals surface area contributed by atoms with Crippen LogP contribution in [-0.4, -0.2) is 25.5 Å². The van der Waals surface area contributed by atoms with Crippen LogP contribution in [0.5, 0.6) is 0 Å². The summed E-state index contributed by atoms with van der Waals surface area (Å²) in [7, 11) is 4.45. The monoisotopic (exact) mass is 285 g/mol. The van der Waals surface area contributed by atoms with Gasteiger partial charge in [-0.1, -0.05) is 12.1 Å². The van der Waals surface area contributed by atoms with Crippen LogP contribution in [0, 0.1) is 17.8 Å². The van der Waals surface area contributed by atoms with Gasteiger partial charge in [-0.05, 0) is 85.5 Å². The average molecular weight is 285 g/mol. The first-order chi connectivity index (χ1) is 9.72. The van der Waals surface area contributed by atoms with Crippen LogP contribution < -0.4 is 0 Å². The van der Waals surface area contributed by atoms with Gasteiger partial charge in [0.05, 0.1) is 0 Å². The summed E-state index contributed by atoms with van der Waals surface area (Å²) in [6.45, 7) is 1.26. The summed E-state index contributed by atoms with van der Waals surface area (Å²) in [6, 6.07) is 9.50. The fourth-order valence-electron chi connectivity index (χ4n) is 4.81. The molecule has 2 aromatic rings. The van der Waals surface area contributed by atoms with E-state index in [-0.39, 0.29) is 0 Å². The van der Waals surface area contributed by atoms with Crippen molar-refractivity contribution in [2.24, 2.45) is 17.8 Å². The molecular weight excluding hydrogens is 262 g/mol. The molecule has 0 amide bonds. The zero-order valence-electron chi connectivity index (χ0n) is 12.4. The van der Waals surface area contributed by atoms with Crippen molar-refractivity contribution in [1.29, 1.82) is 0 Å². The van der Waals surface area contributed by atoms with E-state index in [1.807, 2.05) is 11.3 Å². The van der Waals surface area contributed by atoms with E-state index in [0.29, 0.717) is 0 Å². The largest absolute Gasteiger partial charge is 0.309 e. The minimum absolute atomic E-state index is 0.806. The molecule has 4 atom stereocenters. The molecule has 1 aromatic carbocycles. The Kier molecular flexibility index (Phi) is 3.12. The van der Waals surface area contributed by atoms with Crippen molar-refractivity contribution in [2.75, 3.05) is 20.6 Å². The summed E-state index contributed by atoms with van der Waals surface area (Å²) >= 11 is 1.86. The molecule has 2 bridgehead atoms. The van der Waals surface area contributed by atoms with Gasteiger partial charge in [0, 0.05) is 11.2 Å². The zero-order valence-corrected chi connectivity index (χ0v) is 13.2. The molecule has 0 radical (unpaired) electrons. The molecular formula is C18H23NS. The summed E-state index contributed by atoms with van der Waals surface area (Å²) < 4.78 is 1.43. The molecule has 0 aliphatic heterocycles. The van der Waals surface area contributed by atoms with Crippen LogP contribution in [0.1, 0.15) is 30.7 Å². The molecule has 1 heterocycles. The molecule has 0 unspecified atom stereocenters. The van der Waals surface area contributed by atoms with E-state index in [0.717, 1.165) is 23.7 Å². The number of fused-ring (bicyclic) bond motifs is 3. The minimum Gasteiger partial charge on any atom is -0.309 e. The summed E-state index contributed by atoms with van der Waals surface area (Å²) in [4.78, 5) is 2.39. The Hall–Kier alpha value is -0.860. The number of benzene rings is 1. The van der Waals surface area contributed by atoms with E-state index in [9.17, 15) is 0 Å². The van der Waals surface area contributed by atoms with E-state index in [1.165, 1.54) is 35.9 Å². The van der Waals surface area contributed by atoms with Gasteiger partial charge in [-0.2, -0.15) is 0 Å². The number of hydrogen-bond donors (Lipinski definition) is 0. The Bertz CT molecular complexity index is 615. The summed E-state index contributed by atoms with van der Waals surface area (Å²) in [5, 5.41) is 3.66. The second-order valence-electron chi connectivity index (χ2n) is 7.00. The molecule has 2 aliphatic rings. The second-order valence-corrected chi connectivity index (χ2v) is 7.95. The molecule has 0 saturated heterocycles. The van der Waals surface area contributed by atoms with Crippen LogP contribution in [0.4, 0.5) is 0 Å². The van der Waals surface area contributed by atoms with E-state index in [1.54, 1.807) is 5.56 Å². The van der Waals surface area contributed by atoms with Crippen molar-refractivity contribution in [3.8, 4) is 0 Å². The molecule has 4 rings (SSSR count). The van der Waals surface area contributed by atoms with Gasteiger partial charge in [-0.3, -0.25) is 0 Å². The first-order valence-corrected chi connectivity index (χ1v) is 8.72. The van der Waals surface area contributed by atoms with Crippen LogP contribution in [0.2, 0.25) is 0 Å². The van der Waals surface area contributed by atoms with Gasteiger partial charge in [0.15, 0.2) is 0 Å². The first-order valence-electron chi connectivity index (χ1n) is 7.84. The number of hydrogen-bond acceptors (Lipinski definition) is 2. The lowest BCUT2D eigenvalue weighted by molar-refractivity contribution is 0.219. The van der Waals surface area contributed by atoms with Gasteiger partial charge < -0.3 is 4.90 Å². The van der Waals surface area contributed by atoms with Crippen LogP contribution in [-0.2, 0) is 0 Å². The molecule has 20 heavy (non-hydrogen) atoms. The van der Waals surface area contributed by atoms with Crippen molar-refractivity contribution in [3.63, 3.8) is 0 Å². The molecule has 2 fully saturated rings. The highest BCUT2D eigenvalue weighted by atomic mass is 32.1. The third-order valence-electron chi connectivity index (χ3n) is 5.53. The fourth-order valence-corrected chi connectivity index (χ4v) is 5.58. The third-order valence-corrected chi connectivity index (χ3v) is 6.42. The molecule has 1 aromatic heterocycles. The van der Waals surface area contributed by atoms with Crippen molar-refractivity contribution < 1.29 is 0 Å². The van der Waals surface area contributed by atoms with Crippen molar-refractivity contribution in [3.05, 3.63) is 35.2 Å². The highest BCUT2D eigenvalue weighted by Crippen LogP contribution is 2.56. The number of rotatable bonds is 3. The van der Waals surface area contributed by atoms with Crippen molar-refractivity contribution >= 4 is 21.4 Å². The van der Waals surface area contributed by atoms with Crippen LogP contribution in [0.3, 0.4) is 0 Å². The molecule has 2 heteroatoms. The van der Waals surface area contributed by atoms with Gasteiger partial charge in [0.2, 0.25) is 0 Å². The number of nitrogens with zero attached hydrogens (tertiary/aromatic N) is 1. The van der Waals surface area contributed by atoms with E-state index in [2.05, 4.69) is 48.6 Å². The molecule has 1 nitrogen and oxygen atoms in total. The van der Waals surface area contributed by atoms with E-state index < -0.39 is 0 Å². The third kappa shape index (κ3) is 2.01. The van der Waals surface area contributed by atoms with Crippen LogP contribution in [0.15, 0.2) is 29.6 Å². The Morgan fingerprint density at radius 3 is 2.85 bits per heavy atom. The van der Waals surface area contributed by atoms with Crippen molar-refractivity contribution in [2.45, 2.75) is 25.2 Å². The van der Waals surface area contributed by atoms with Gasteiger partial charge in [-0.25, -0.2) is 0 Å². The molecule has 2 aliphatic carbocycles. The normalized spacial score (nSPS) is 32.5. The van der Waals surface area contributed by atoms with Gasteiger partial charge in [-0.15, -0.1) is 11.3 Å². The van der Waals surface area contributed by atoms with Crippen molar-refractivity contribution in [1.82, 2.24) is 4.90 Å². The lowest BCUT2D eigenvalue weighted by Crippen LogP contribution is -2.30. The fraction of sp³-hybridized carbons (Fsp3) is 0.556. The highest BCUT2D eigenvalue weighted by molar-refractivity contribution is 7.17. The maximum Gasteiger partial charge on any atom is 0.0342 e. The quantitative estimate of drug-likeness (QED) is 0.797. The standard InChI is InChI=1S/C18H23NS/c1-19(2)11-16-12-3-4-14(9-12)18(16)15-5-6-17-13(10-15)7-8-20-17/h5-8,10,12,14,16,18H,3-4,9,11H2,1-2H3/t12-,14+,16-,18+/m0/s1. The molecule has 2 saturated carbocycles. The zero-order chi connectivity index (χ0) is 13.7. The Labute approximate surface area is 125 Å². The van der Waals surface area contributed by atoms with Gasteiger partial charge in [0.1, 0.15) is 0 Å². The first kappa shape index (κ1) is 12.8. The lowest BCUT2D eigenvalue weighted by atomic mass is 9.75. The Morgan fingerprint density at radius 2 is 2.00 bits per heavy atom. The van der Waals surface area contributed by atoms with E-state index >= 15 is 0 Å². The average Bonchev–Trinajstić information content (AvgIpc) is 3.12. The molecule has 106 valence electrons. The van der Waals surface area contributed by atoms with Crippen LogP contribution >= 0.6 is 11.3 Å². The molecule has 0 N–H and O–H groups in total.